The minimum Gasteiger partial charge on any atom is -0.493 e. The van der Waals surface area contributed by atoms with Gasteiger partial charge in [0.25, 0.3) is 11.5 Å². The van der Waals surface area contributed by atoms with Crippen molar-refractivity contribution in [3.8, 4) is 11.5 Å². The maximum atomic E-state index is 13.7. The number of benzene rings is 3. The molecule has 3 aromatic carbocycles. The fourth-order valence-electron chi connectivity index (χ4n) is 4.34. The van der Waals surface area contributed by atoms with Crippen molar-refractivity contribution in [1.29, 1.82) is 0 Å². The highest BCUT2D eigenvalue weighted by Crippen LogP contribution is 2.30. The van der Waals surface area contributed by atoms with E-state index in [1.165, 1.54) is 38.0 Å². The van der Waals surface area contributed by atoms with Crippen molar-refractivity contribution in [2.75, 3.05) is 26.6 Å². The van der Waals surface area contributed by atoms with Crippen molar-refractivity contribution in [2.24, 2.45) is 0 Å². The molecule has 0 unspecified atom stereocenters. The largest absolute Gasteiger partial charge is 0.493 e. The molecule has 4 rings (SSSR count). The molecule has 0 atom stereocenters. The van der Waals surface area contributed by atoms with E-state index < -0.39 is 17.2 Å². The summed E-state index contributed by atoms with van der Waals surface area (Å²) >= 11 is 0. The highest BCUT2D eigenvalue weighted by Gasteiger charge is 2.19. The Balaban J connectivity index is 1.80. The summed E-state index contributed by atoms with van der Waals surface area (Å²) in [6.07, 6.45) is 0.810. The van der Waals surface area contributed by atoms with Gasteiger partial charge in [-0.05, 0) is 47.9 Å². The second-order valence-corrected chi connectivity index (χ2v) is 8.86. The van der Waals surface area contributed by atoms with Crippen LogP contribution >= 0.6 is 0 Å². The number of methoxy groups -OCH3 is 2. The molecule has 0 saturated carbocycles. The highest BCUT2D eigenvalue weighted by atomic mass is 16.5. The van der Waals surface area contributed by atoms with Crippen LogP contribution in [0.15, 0.2) is 70.3 Å². The third-order valence-electron chi connectivity index (χ3n) is 6.43. The van der Waals surface area contributed by atoms with Gasteiger partial charge < -0.3 is 20.1 Å². The Kier molecular flexibility index (Phi) is 8.14. The van der Waals surface area contributed by atoms with Crippen LogP contribution in [0.25, 0.3) is 10.9 Å². The number of aryl methyl sites for hydroxylation is 1. The first kappa shape index (κ1) is 27.2. The molecule has 1 heterocycles. The molecule has 2 amide bonds. The van der Waals surface area contributed by atoms with Crippen LogP contribution in [-0.2, 0) is 24.3 Å². The Morgan fingerprint density at radius 2 is 1.56 bits per heavy atom. The van der Waals surface area contributed by atoms with Gasteiger partial charge in [0.1, 0.15) is 6.54 Å². The van der Waals surface area contributed by atoms with Gasteiger partial charge in [-0.3, -0.25) is 23.5 Å². The van der Waals surface area contributed by atoms with E-state index in [1.54, 1.807) is 30.3 Å². The molecular formula is C29H30N4O6. The molecule has 39 heavy (non-hydrogen) atoms. The first-order valence-corrected chi connectivity index (χ1v) is 12.4. The number of aromatic nitrogens is 2. The summed E-state index contributed by atoms with van der Waals surface area (Å²) in [4.78, 5) is 52.2. The lowest BCUT2D eigenvalue weighted by Gasteiger charge is -2.16. The lowest BCUT2D eigenvalue weighted by molar-refractivity contribution is -0.116. The van der Waals surface area contributed by atoms with E-state index in [2.05, 4.69) is 10.6 Å². The summed E-state index contributed by atoms with van der Waals surface area (Å²) in [5, 5.41) is 5.58. The lowest BCUT2D eigenvalue weighted by Crippen LogP contribution is -2.42. The molecule has 0 saturated heterocycles. The Hall–Kier alpha value is -4.86. The maximum Gasteiger partial charge on any atom is 0.332 e. The fourth-order valence-corrected chi connectivity index (χ4v) is 4.34. The van der Waals surface area contributed by atoms with Crippen LogP contribution < -0.4 is 31.4 Å². The second kappa shape index (κ2) is 11.7. The van der Waals surface area contributed by atoms with Crippen LogP contribution in [0.5, 0.6) is 11.5 Å². The summed E-state index contributed by atoms with van der Waals surface area (Å²) in [5.74, 6) is -0.0457. The molecule has 4 aromatic rings. The zero-order valence-electron chi connectivity index (χ0n) is 22.2. The fraction of sp³-hybridized carbons (Fsp3) is 0.241. The molecule has 0 aliphatic heterocycles. The van der Waals surface area contributed by atoms with E-state index in [9.17, 15) is 19.2 Å². The van der Waals surface area contributed by atoms with Gasteiger partial charge in [0.2, 0.25) is 5.91 Å². The summed E-state index contributed by atoms with van der Waals surface area (Å²) in [5.41, 5.74) is 1.79. The molecule has 202 valence electrons. The molecule has 0 aliphatic rings. The number of hydrogen-bond donors (Lipinski definition) is 2. The Labute approximate surface area is 224 Å². The van der Waals surface area contributed by atoms with E-state index in [1.807, 2.05) is 25.1 Å². The number of nitrogens with one attached hydrogen (secondary N) is 2. The SMILES string of the molecule is CCc1cccc(NC(=O)Cn2c(=O)n(Cc3ccc(C(=O)NC)cc3)c(=O)c3cc(OC)c(OC)cc32)c1. The Morgan fingerprint density at radius 3 is 2.21 bits per heavy atom. The summed E-state index contributed by atoms with van der Waals surface area (Å²) in [6, 6.07) is 17.1. The molecule has 2 N–H and O–H groups in total. The van der Waals surface area contributed by atoms with Crippen LogP contribution in [0.2, 0.25) is 0 Å². The predicted molar refractivity (Wildman–Crippen MR) is 149 cm³/mol. The van der Waals surface area contributed by atoms with Gasteiger partial charge in [-0.25, -0.2) is 4.79 Å². The quantitative estimate of drug-likeness (QED) is 0.343. The number of carbonyl (C=O) groups excluding carboxylic acids is 2. The summed E-state index contributed by atoms with van der Waals surface area (Å²) in [7, 11) is 4.43. The van der Waals surface area contributed by atoms with Gasteiger partial charge in [-0.1, -0.05) is 31.2 Å². The third kappa shape index (κ3) is 5.69. The average Bonchev–Trinajstić information content (AvgIpc) is 2.96. The van der Waals surface area contributed by atoms with E-state index in [-0.39, 0.29) is 29.9 Å². The van der Waals surface area contributed by atoms with Crippen molar-refractivity contribution in [2.45, 2.75) is 26.4 Å². The Morgan fingerprint density at radius 1 is 0.872 bits per heavy atom. The van der Waals surface area contributed by atoms with Crippen molar-refractivity contribution in [3.63, 3.8) is 0 Å². The number of fused-ring (bicyclic) bond motifs is 1. The van der Waals surface area contributed by atoms with Crippen LogP contribution in [0.4, 0.5) is 5.69 Å². The lowest BCUT2D eigenvalue weighted by atomic mass is 10.1. The molecule has 0 fully saturated rings. The van der Waals surface area contributed by atoms with Gasteiger partial charge in [-0.15, -0.1) is 0 Å². The van der Waals surface area contributed by atoms with Gasteiger partial charge in [-0.2, -0.15) is 0 Å². The van der Waals surface area contributed by atoms with Crippen LogP contribution in [0, 0.1) is 0 Å². The molecule has 1 aromatic heterocycles. The average molecular weight is 531 g/mol. The van der Waals surface area contributed by atoms with Crippen molar-refractivity contribution in [1.82, 2.24) is 14.5 Å². The number of nitrogens with zero attached hydrogens (tertiary/aromatic N) is 2. The van der Waals surface area contributed by atoms with Crippen LogP contribution in [0.3, 0.4) is 0 Å². The van der Waals surface area contributed by atoms with Gasteiger partial charge in [0.05, 0.1) is 31.7 Å². The van der Waals surface area contributed by atoms with Crippen molar-refractivity contribution in [3.05, 3.63) is 98.2 Å². The first-order chi connectivity index (χ1) is 18.8. The van der Waals surface area contributed by atoms with Crippen LogP contribution in [-0.4, -0.2) is 42.2 Å². The van der Waals surface area contributed by atoms with Crippen LogP contribution in [0.1, 0.15) is 28.4 Å². The highest BCUT2D eigenvalue weighted by molar-refractivity contribution is 5.94. The Bertz CT molecular complexity index is 1650. The van der Waals surface area contributed by atoms with E-state index in [0.29, 0.717) is 28.3 Å². The number of amides is 2. The number of carbonyl (C=O) groups is 2. The minimum absolute atomic E-state index is 0.0594. The molecule has 0 bridgehead atoms. The molecule has 0 radical (unpaired) electrons. The number of ether oxygens (including phenoxy) is 2. The summed E-state index contributed by atoms with van der Waals surface area (Å²) < 4.78 is 13.1. The molecule has 0 spiro atoms. The molecule has 10 heteroatoms. The van der Waals surface area contributed by atoms with E-state index in [0.717, 1.165) is 16.6 Å². The van der Waals surface area contributed by atoms with Gasteiger partial charge in [0.15, 0.2) is 11.5 Å². The molecular weight excluding hydrogens is 500 g/mol. The third-order valence-corrected chi connectivity index (χ3v) is 6.43. The van der Waals surface area contributed by atoms with E-state index in [4.69, 9.17) is 9.47 Å². The second-order valence-electron chi connectivity index (χ2n) is 8.86. The van der Waals surface area contributed by atoms with E-state index >= 15 is 0 Å². The standard InChI is InChI=1S/C29H30N4O6/c1-5-18-7-6-8-21(13-18)31-26(34)17-32-23-15-25(39-4)24(38-3)14-22(23)28(36)33(29(32)37)16-19-9-11-20(12-10-19)27(35)30-2/h6-15H,5,16-17H2,1-4H3,(H,30,35)(H,31,34). The van der Waals surface area contributed by atoms with Gasteiger partial charge in [0, 0.05) is 24.4 Å². The summed E-state index contributed by atoms with van der Waals surface area (Å²) in [6.45, 7) is 1.62. The molecule has 0 aliphatic carbocycles. The zero-order chi connectivity index (χ0) is 28.1. The minimum atomic E-state index is -0.660. The number of hydrogen-bond acceptors (Lipinski definition) is 6. The number of rotatable bonds is 9. The zero-order valence-corrected chi connectivity index (χ0v) is 22.2. The topological polar surface area (TPSA) is 121 Å². The van der Waals surface area contributed by atoms with Crippen molar-refractivity contribution < 1.29 is 19.1 Å². The number of anilines is 1. The van der Waals surface area contributed by atoms with Gasteiger partial charge >= 0.3 is 5.69 Å². The predicted octanol–water partition coefficient (Wildman–Crippen LogP) is 2.79. The smallest absolute Gasteiger partial charge is 0.332 e. The monoisotopic (exact) mass is 530 g/mol. The normalized spacial score (nSPS) is 10.8. The first-order valence-electron chi connectivity index (χ1n) is 12.4. The molecule has 10 nitrogen and oxygen atoms in total. The van der Waals surface area contributed by atoms with Crippen molar-refractivity contribution >= 4 is 28.4 Å². The maximum absolute atomic E-state index is 13.7.